The third-order valence-electron chi connectivity index (χ3n) is 2.72. The fourth-order valence-corrected chi connectivity index (χ4v) is 3.48. The van der Waals surface area contributed by atoms with Crippen molar-refractivity contribution in [2.45, 2.75) is 19.5 Å². The molecule has 0 amide bonds. The fraction of sp³-hybridized carbons (Fsp3) is 0.231. The highest BCUT2D eigenvalue weighted by Gasteiger charge is 2.16. The number of thiophene rings is 1. The molecule has 0 aliphatic carbocycles. The molecule has 0 aliphatic heterocycles. The van der Waals surface area contributed by atoms with Gasteiger partial charge in [0.2, 0.25) is 0 Å². The van der Waals surface area contributed by atoms with Crippen LogP contribution in [0.3, 0.4) is 0 Å². The Kier molecular flexibility index (Phi) is 5.09. The first kappa shape index (κ1) is 15.1. The topological polar surface area (TPSA) is 12.0 Å². The molecule has 1 N–H and O–H groups in total. The first-order chi connectivity index (χ1) is 8.99. The summed E-state index contributed by atoms with van der Waals surface area (Å²) in [6, 6.07) is 6.41. The Balaban J connectivity index is 2.12. The van der Waals surface area contributed by atoms with E-state index in [-0.39, 0.29) is 11.1 Å². The number of rotatable bonds is 4. The summed E-state index contributed by atoms with van der Waals surface area (Å²) in [5, 5.41) is 3.77. The molecule has 0 fully saturated rings. The van der Waals surface area contributed by atoms with Crippen LogP contribution >= 0.6 is 46.1 Å². The number of hydrogen-bond donors (Lipinski definition) is 1. The van der Waals surface area contributed by atoms with Crippen LogP contribution < -0.4 is 5.32 Å². The van der Waals surface area contributed by atoms with Gasteiger partial charge in [-0.2, -0.15) is 0 Å². The van der Waals surface area contributed by atoms with E-state index in [0.29, 0.717) is 17.1 Å². The Bertz CT molecular complexity index is 585. The SMILES string of the molecule is CC(NCc1ccc(Cl)s1)c1c(Cl)ccc(F)c1Cl. The Hall–Kier alpha value is -0.320. The number of nitrogens with one attached hydrogen (secondary N) is 1. The maximum atomic E-state index is 13.5. The van der Waals surface area contributed by atoms with Crippen molar-refractivity contribution in [2.24, 2.45) is 0 Å². The van der Waals surface area contributed by atoms with Crippen LogP contribution in [0.5, 0.6) is 0 Å². The second-order valence-corrected chi connectivity index (χ2v) is 6.65. The zero-order valence-electron chi connectivity index (χ0n) is 10.0. The lowest BCUT2D eigenvalue weighted by Gasteiger charge is -2.17. The standard InChI is InChI=1S/C13H11Cl3FNS/c1-7(18-6-8-2-5-11(15)19-8)12-9(14)3-4-10(17)13(12)16/h2-5,7,18H,6H2,1H3. The molecule has 2 rings (SSSR count). The average molecular weight is 339 g/mol. The summed E-state index contributed by atoms with van der Waals surface area (Å²) >= 11 is 19.4. The van der Waals surface area contributed by atoms with Gasteiger partial charge in [-0.1, -0.05) is 34.8 Å². The molecule has 19 heavy (non-hydrogen) atoms. The van der Waals surface area contributed by atoms with Gasteiger partial charge in [0.1, 0.15) is 5.82 Å². The van der Waals surface area contributed by atoms with Crippen LogP contribution in [-0.4, -0.2) is 0 Å². The zero-order chi connectivity index (χ0) is 14.0. The van der Waals surface area contributed by atoms with Gasteiger partial charge >= 0.3 is 0 Å². The third kappa shape index (κ3) is 3.61. The fourth-order valence-electron chi connectivity index (χ4n) is 1.74. The van der Waals surface area contributed by atoms with Gasteiger partial charge in [-0.05, 0) is 31.2 Å². The molecule has 102 valence electrons. The summed E-state index contributed by atoms with van der Waals surface area (Å²) in [6.45, 7) is 2.52. The Morgan fingerprint density at radius 2 is 1.95 bits per heavy atom. The average Bonchev–Trinajstić information content (AvgIpc) is 2.78. The van der Waals surface area contributed by atoms with Crippen LogP contribution in [0.25, 0.3) is 0 Å². The van der Waals surface area contributed by atoms with E-state index in [1.165, 1.54) is 23.5 Å². The first-order valence-electron chi connectivity index (χ1n) is 5.60. The van der Waals surface area contributed by atoms with Crippen LogP contribution in [0.4, 0.5) is 4.39 Å². The van der Waals surface area contributed by atoms with E-state index in [1.54, 1.807) is 0 Å². The van der Waals surface area contributed by atoms with Crippen LogP contribution in [0, 0.1) is 5.82 Å². The first-order valence-corrected chi connectivity index (χ1v) is 7.55. The lowest BCUT2D eigenvalue weighted by Crippen LogP contribution is -2.18. The van der Waals surface area contributed by atoms with E-state index < -0.39 is 5.82 Å². The molecule has 6 heteroatoms. The van der Waals surface area contributed by atoms with Crippen molar-refractivity contribution in [1.82, 2.24) is 5.32 Å². The van der Waals surface area contributed by atoms with Crippen molar-refractivity contribution in [1.29, 1.82) is 0 Å². The highest BCUT2D eigenvalue weighted by atomic mass is 35.5. The minimum Gasteiger partial charge on any atom is -0.305 e. The summed E-state index contributed by atoms with van der Waals surface area (Å²) < 4.78 is 14.2. The smallest absolute Gasteiger partial charge is 0.142 e. The van der Waals surface area contributed by atoms with E-state index >= 15 is 0 Å². The normalized spacial score (nSPS) is 12.7. The summed E-state index contributed by atoms with van der Waals surface area (Å²) in [5.74, 6) is -0.464. The molecule has 1 aromatic carbocycles. The van der Waals surface area contributed by atoms with Crippen molar-refractivity contribution in [3.8, 4) is 0 Å². The summed E-state index contributed by atoms with van der Waals surface area (Å²) in [5.41, 5.74) is 0.575. The highest BCUT2D eigenvalue weighted by Crippen LogP contribution is 2.32. The molecule has 1 heterocycles. The number of hydrogen-bond acceptors (Lipinski definition) is 2. The van der Waals surface area contributed by atoms with Gasteiger partial charge in [-0.15, -0.1) is 11.3 Å². The molecule has 0 saturated heterocycles. The lowest BCUT2D eigenvalue weighted by atomic mass is 10.1. The Morgan fingerprint density at radius 3 is 2.58 bits per heavy atom. The van der Waals surface area contributed by atoms with Crippen molar-refractivity contribution in [3.63, 3.8) is 0 Å². The van der Waals surface area contributed by atoms with Gasteiger partial charge in [0.15, 0.2) is 0 Å². The maximum absolute atomic E-state index is 13.5. The van der Waals surface area contributed by atoms with E-state index in [0.717, 1.165) is 9.21 Å². The Morgan fingerprint density at radius 1 is 1.21 bits per heavy atom. The van der Waals surface area contributed by atoms with Crippen LogP contribution in [0.1, 0.15) is 23.4 Å². The van der Waals surface area contributed by atoms with Gasteiger partial charge in [0.25, 0.3) is 0 Å². The van der Waals surface area contributed by atoms with Crippen LogP contribution in [0.2, 0.25) is 14.4 Å². The lowest BCUT2D eigenvalue weighted by molar-refractivity contribution is 0.569. The molecule has 1 nitrogen and oxygen atoms in total. The predicted molar refractivity (Wildman–Crippen MR) is 81.0 cm³/mol. The quantitative estimate of drug-likeness (QED) is 0.705. The summed E-state index contributed by atoms with van der Waals surface area (Å²) in [4.78, 5) is 1.10. The second kappa shape index (κ2) is 6.42. The van der Waals surface area contributed by atoms with Crippen molar-refractivity contribution in [3.05, 3.63) is 54.9 Å². The summed E-state index contributed by atoms with van der Waals surface area (Å²) in [6.07, 6.45) is 0. The molecule has 2 aromatic rings. The molecule has 0 saturated carbocycles. The zero-order valence-corrected chi connectivity index (χ0v) is 13.1. The molecule has 0 aliphatic rings. The third-order valence-corrected chi connectivity index (χ3v) is 4.67. The van der Waals surface area contributed by atoms with Crippen molar-refractivity contribution < 1.29 is 4.39 Å². The van der Waals surface area contributed by atoms with Gasteiger partial charge < -0.3 is 5.32 Å². The van der Waals surface area contributed by atoms with Gasteiger partial charge in [-0.25, -0.2) is 4.39 Å². The van der Waals surface area contributed by atoms with E-state index in [9.17, 15) is 4.39 Å². The molecule has 0 spiro atoms. The predicted octanol–water partition coefficient (Wildman–Crippen LogP) is 5.70. The monoisotopic (exact) mass is 337 g/mol. The van der Waals surface area contributed by atoms with Gasteiger partial charge in [0.05, 0.1) is 9.36 Å². The number of halogens is 4. The van der Waals surface area contributed by atoms with Gasteiger partial charge in [-0.3, -0.25) is 0 Å². The summed E-state index contributed by atoms with van der Waals surface area (Å²) in [7, 11) is 0. The highest BCUT2D eigenvalue weighted by molar-refractivity contribution is 7.16. The Labute approximate surface area is 130 Å². The van der Waals surface area contributed by atoms with Gasteiger partial charge in [0, 0.05) is 28.0 Å². The van der Waals surface area contributed by atoms with E-state index in [4.69, 9.17) is 34.8 Å². The van der Waals surface area contributed by atoms with Crippen LogP contribution in [0.15, 0.2) is 24.3 Å². The van der Waals surface area contributed by atoms with Crippen LogP contribution in [-0.2, 0) is 6.54 Å². The van der Waals surface area contributed by atoms with E-state index in [1.807, 2.05) is 19.1 Å². The second-order valence-electron chi connectivity index (χ2n) is 4.07. The van der Waals surface area contributed by atoms with Crippen molar-refractivity contribution >= 4 is 46.1 Å². The number of benzene rings is 1. The molecular formula is C13H11Cl3FNS. The molecule has 1 atom stereocenters. The minimum absolute atomic E-state index is 0.0664. The van der Waals surface area contributed by atoms with Crippen molar-refractivity contribution in [2.75, 3.05) is 0 Å². The van der Waals surface area contributed by atoms with E-state index in [2.05, 4.69) is 5.32 Å². The molecule has 1 aromatic heterocycles. The molecular weight excluding hydrogens is 328 g/mol. The largest absolute Gasteiger partial charge is 0.305 e. The molecule has 0 bridgehead atoms. The molecule has 1 unspecified atom stereocenters. The maximum Gasteiger partial charge on any atom is 0.142 e. The minimum atomic E-state index is -0.464. The molecule has 0 radical (unpaired) electrons.